The second-order valence-corrected chi connectivity index (χ2v) is 6.91. The largest absolute Gasteiger partial charge is 0.472 e. The SMILES string of the molecule is O=C(CSc1nnc(-c2ccoc2)c(-c2ccoc2)n1)c1ccc(Cl)cc1. The fourth-order valence-electron chi connectivity index (χ4n) is 2.42. The fourth-order valence-corrected chi connectivity index (χ4v) is 3.22. The van der Waals surface area contributed by atoms with Crippen molar-refractivity contribution in [3.8, 4) is 22.5 Å². The molecule has 0 bridgehead atoms. The van der Waals surface area contributed by atoms with Crippen LogP contribution < -0.4 is 0 Å². The molecule has 0 atom stereocenters. The molecule has 0 unspecified atom stereocenters. The van der Waals surface area contributed by atoms with Crippen LogP contribution in [0.2, 0.25) is 5.02 Å². The van der Waals surface area contributed by atoms with E-state index >= 15 is 0 Å². The van der Waals surface area contributed by atoms with Crippen molar-refractivity contribution in [2.75, 3.05) is 5.75 Å². The first-order valence-electron chi connectivity index (χ1n) is 7.92. The molecule has 134 valence electrons. The van der Waals surface area contributed by atoms with E-state index < -0.39 is 0 Å². The monoisotopic (exact) mass is 397 g/mol. The highest BCUT2D eigenvalue weighted by Crippen LogP contribution is 2.30. The lowest BCUT2D eigenvalue weighted by atomic mass is 10.1. The molecule has 0 fully saturated rings. The number of hydrogen-bond donors (Lipinski definition) is 0. The van der Waals surface area contributed by atoms with E-state index in [0.717, 1.165) is 11.1 Å². The summed E-state index contributed by atoms with van der Waals surface area (Å²) >= 11 is 7.08. The summed E-state index contributed by atoms with van der Waals surface area (Å²) in [6, 6.07) is 10.3. The van der Waals surface area contributed by atoms with Gasteiger partial charge >= 0.3 is 0 Å². The first-order chi connectivity index (χ1) is 13.2. The van der Waals surface area contributed by atoms with Crippen molar-refractivity contribution in [3.05, 3.63) is 72.0 Å². The van der Waals surface area contributed by atoms with Gasteiger partial charge in [-0.1, -0.05) is 23.4 Å². The van der Waals surface area contributed by atoms with Gasteiger partial charge in [-0.05, 0) is 36.4 Å². The molecule has 4 rings (SSSR count). The van der Waals surface area contributed by atoms with Crippen LogP contribution in [0.5, 0.6) is 0 Å². The first kappa shape index (κ1) is 17.5. The van der Waals surface area contributed by atoms with E-state index in [-0.39, 0.29) is 11.5 Å². The maximum Gasteiger partial charge on any atom is 0.210 e. The zero-order valence-corrected chi connectivity index (χ0v) is 15.4. The van der Waals surface area contributed by atoms with Crippen LogP contribution in [0.15, 0.2) is 75.4 Å². The first-order valence-corrected chi connectivity index (χ1v) is 9.28. The van der Waals surface area contributed by atoms with Gasteiger partial charge in [0.2, 0.25) is 5.16 Å². The number of nitrogens with zero attached hydrogens (tertiary/aromatic N) is 3. The molecule has 27 heavy (non-hydrogen) atoms. The summed E-state index contributed by atoms with van der Waals surface area (Å²) in [7, 11) is 0. The Kier molecular flexibility index (Phi) is 5.04. The molecule has 0 saturated carbocycles. The van der Waals surface area contributed by atoms with Crippen molar-refractivity contribution in [1.82, 2.24) is 15.2 Å². The number of halogens is 1. The molecule has 0 spiro atoms. The molecule has 0 aliphatic rings. The lowest BCUT2D eigenvalue weighted by molar-refractivity contribution is 0.102. The van der Waals surface area contributed by atoms with Crippen LogP contribution in [-0.2, 0) is 0 Å². The molecule has 8 heteroatoms. The number of thioether (sulfide) groups is 1. The molecule has 0 aliphatic heterocycles. The average molecular weight is 398 g/mol. The Morgan fingerprint density at radius 2 is 1.59 bits per heavy atom. The van der Waals surface area contributed by atoms with E-state index in [1.54, 1.807) is 61.5 Å². The number of benzene rings is 1. The van der Waals surface area contributed by atoms with Crippen LogP contribution in [0.3, 0.4) is 0 Å². The number of furan rings is 2. The van der Waals surface area contributed by atoms with Crippen LogP contribution in [0, 0.1) is 0 Å². The topological polar surface area (TPSA) is 82.0 Å². The highest BCUT2D eigenvalue weighted by atomic mass is 35.5. The van der Waals surface area contributed by atoms with Crippen LogP contribution in [0.4, 0.5) is 0 Å². The lowest BCUT2D eigenvalue weighted by Crippen LogP contribution is -2.04. The third kappa shape index (κ3) is 3.94. The maximum absolute atomic E-state index is 12.3. The predicted octanol–water partition coefficient (Wildman–Crippen LogP) is 5.02. The highest BCUT2D eigenvalue weighted by Gasteiger charge is 2.16. The molecule has 0 amide bonds. The summed E-state index contributed by atoms with van der Waals surface area (Å²) in [5.74, 6) is 0.156. The third-order valence-corrected chi connectivity index (χ3v) is 4.84. The summed E-state index contributed by atoms with van der Waals surface area (Å²) < 4.78 is 10.3. The number of hydrogen-bond acceptors (Lipinski definition) is 7. The highest BCUT2D eigenvalue weighted by molar-refractivity contribution is 7.99. The van der Waals surface area contributed by atoms with Gasteiger partial charge in [-0.25, -0.2) is 4.98 Å². The Morgan fingerprint density at radius 1 is 0.926 bits per heavy atom. The van der Waals surface area contributed by atoms with Crippen LogP contribution in [-0.4, -0.2) is 26.7 Å². The molecule has 0 saturated heterocycles. The molecule has 0 aliphatic carbocycles. The minimum absolute atomic E-state index is 0.0379. The van der Waals surface area contributed by atoms with Crippen LogP contribution in [0.1, 0.15) is 10.4 Å². The quantitative estimate of drug-likeness (QED) is 0.333. The van der Waals surface area contributed by atoms with Gasteiger partial charge < -0.3 is 8.83 Å². The van der Waals surface area contributed by atoms with Crippen molar-refractivity contribution in [2.24, 2.45) is 0 Å². The van der Waals surface area contributed by atoms with Crippen LogP contribution >= 0.6 is 23.4 Å². The van der Waals surface area contributed by atoms with E-state index in [9.17, 15) is 4.79 Å². The summed E-state index contributed by atoms with van der Waals surface area (Å²) in [6.45, 7) is 0. The van der Waals surface area contributed by atoms with Crippen LogP contribution in [0.25, 0.3) is 22.5 Å². The minimum Gasteiger partial charge on any atom is -0.472 e. The van der Waals surface area contributed by atoms with Gasteiger partial charge in [0.05, 0.1) is 30.8 Å². The predicted molar refractivity (Wildman–Crippen MR) is 102 cm³/mol. The molecule has 0 radical (unpaired) electrons. The van der Waals surface area contributed by atoms with E-state index in [4.69, 9.17) is 20.4 Å². The lowest BCUT2D eigenvalue weighted by Gasteiger charge is -2.06. The summed E-state index contributed by atoms with van der Waals surface area (Å²) in [4.78, 5) is 16.9. The molecule has 3 aromatic heterocycles. The Balaban J connectivity index is 1.58. The van der Waals surface area contributed by atoms with Gasteiger partial charge in [0.25, 0.3) is 0 Å². The minimum atomic E-state index is -0.0379. The molecule has 4 aromatic rings. The average Bonchev–Trinajstić information content (AvgIpc) is 3.40. The Bertz CT molecular complexity index is 1050. The molecular formula is C19H12ClN3O3S. The van der Waals surface area contributed by atoms with E-state index in [0.29, 0.717) is 27.1 Å². The summed E-state index contributed by atoms with van der Waals surface area (Å²) in [6.07, 6.45) is 6.28. The van der Waals surface area contributed by atoms with E-state index in [1.807, 2.05) is 0 Å². The standard InChI is InChI=1S/C19H12ClN3O3S/c20-15-3-1-12(2-4-15)16(24)11-27-19-21-17(13-5-7-25-9-13)18(22-23-19)14-6-8-26-10-14/h1-10H,11H2. The number of carbonyl (C=O) groups is 1. The second kappa shape index (κ2) is 7.77. The molecule has 6 nitrogen and oxygen atoms in total. The summed E-state index contributed by atoms with van der Waals surface area (Å²) in [5, 5.41) is 9.41. The van der Waals surface area contributed by atoms with Crippen molar-refractivity contribution in [2.45, 2.75) is 5.16 Å². The Hall–Kier alpha value is -2.90. The van der Waals surface area contributed by atoms with Crippen molar-refractivity contribution >= 4 is 29.1 Å². The molecule has 0 N–H and O–H groups in total. The molecular weight excluding hydrogens is 386 g/mol. The van der Waals surface area contributed by atoms with Gasteiger partial charge in [-0.3, -0.25) is 4.79 Å². The smallest absolute Gasteiger partial charge is 0.210 e. The van der Waals surface area contributed by atoms with Crippen molar-refractivity contribution < 1.29 is 13.6 Å². The number of rotatable bonds is 6. The van der Waals surface area contributed by atoms with E-state index in [2.05, 4.69) is 15.2 Å². The van der Waals surface area contributed by atoms with Gasteiger partial charge in [0, 0.05) is 21.7 Å². The maximum atomic E-state index is 12.3. The normalized spacial score (nSPS) is 10.9. The van der Waals surface area contributed by atoms with Gasteiger partial charge in [0.1, 0.15) is 11.4 Å². The molecule has 1 aromatic carbocycles. The van der Waals surface area contributed by atoms with Crippen molar-refractivity contribution in [1.29, 1.82) is 0 Å². The van der Waals surface area contributed by atoms with Gasteiger partial charge in [-0.15, -0.1) is 10.2 Å². The number of Topliss-reactive ketones (excluding diaryl/α,β-unsaturated/α-hetero) is 1. The van der Waals surface area contributed by atoms with Gasteiger partial charge in [-0.2, -0.15) is 0 Å². The zero-order valence-electron chi connectivity index (χ0n) is 13.8. The number of ketones is 1. The summed E-state index contributed by atoms with van der Waals surface area (Å²) in [5.41, 5.74) is 3.32. The Morgan fingerprint density at radius 3 is 2.22 bits per heavy atom. The molecule has 3 heterocycles. The number of carbonyl (C=O) groups excluding carboxylic acids is 1. The number of aromatic nitrogens is 3. The van der Waals surface area contributed by atoms with E-state index in [1.165, 1.54) is 11.8 Å². The van der Waals surface area contributed by atoms with Crippen molar-refractivity contribution in [3.63, 3.8) is 0 Å². The second-order valence-electron chi connectivity index (χ2n) is 5.53. The Labute approximate surface area is 163 Å². The third-order valence-electron chi connectivity index (χ3n) is 3.76. The fraction of sp³-hybridized carbons (Fsp3) is 0.0526. The van der Waals surface area contributed by atoms with Gasteiger partial charge in [0.15, 0.2) is 5.78 Å². The zero-order chi connectivity index (χ0) is 18.6.